The van der Waals surface area contributed by atoms with Gasteiger partial charge in [0.2, 0.25) is 0 Å². The van der Waals surface area contributed by atoms with Gasteiger partial charge in [-0.25, -0.2) is 4.79 Å². The summed E-state index contributed by atoms with van der Waals surface area (Å²) in [5.74, 6) is -0.912. The van der Waals surface area contributed by atoms with Crippen molar-refractivity contribution >= 4 is 18.9 Å². The zero-order valence-electron chi connectivity index (χ0n) is 18.4. The van der Waals surface area contributed by atoms with Gasteiger partial charge in [-0.05, 0) is 12.1 Å². The number of rotatable bonds is 1. The number of aromatic carboxylic acids is 1. The van der Waals surface area contributed by atoms with Crippen LogP contribution in [0, 0.1) is 0 Å². The van der Waals surface area contributed by atoms with Gasteiger partial charge in [-0.2, -0.15) is 0 Å². The van der Waals surface area contributed by atoms with Crippen LogP contribution in [0.25, 0.3) is 0 Å². The third-order valence-electron chi connectivity index (χ3n) is 3.41. The molecule has 0 aliphatic carbocycles. The maximum atomic E-state index is 10.3. The van der Waals surface area contributed by atoms with E-state index < -0.39 is 13.2 Å². The second-order valence-electron chi connectivity index (χ2n) is 6.17. The van der Waals surface area contributed by atoms with Crippen LogP contribution in [-0.2, 0) is 28.4 Å². The fourth-order valence-corrected chi connectivity index (χ4v) is 2.02. The first-order valence-corrected chi connectivity index (χ1v) is 10.2. The summed E-state index contributed by atoms with van der Waals surface area (Å²) in [6, 6.07) is 6.50. The molecule has 0 bridgehead atoms. The molecule has 1 heterocycles. The summed E-state index contributed by atoms with van der Waals surface area (Å²) in [5, 5.41) is 8.48. The molecule has 14 heteroatoms. The Morgan fingerprint density at radius 1 is 0.697 bits per heavy atom. The monoisotopic (exact) mass is 489 g/mol. The normalized spacial score (nSPS) is 17.7. The van der Waals surface area contributed by atoms with E-state index in [1.165, 1.54) is 12.1 Å². The molecule has 1 aromatic rings. The summed E-state index contributed by atoms with van der Waals surface area (Å²) in [6.45, 7) is 7.04. The molecule has 1 aliphatic rings. The van der Waals surface area contributed by atoms with Crippen molar-refractivity contribution in [1.82, 2.24) is 0 Å². The van der Waals surface area contributed by atoms with Gasteiger partial charge in [-0.15, -0.1) is 0 Å². The van der Waals surface area contributed by atoms with Gasteiger partial charge in [0, 0.05) is 6.07 Å². The van der Waals surface area contributed by atoms with Gasteiger partial charge >= 0.3 is 13.2 Å². The summed E-state index contributed by atoms with van der Waals surface area (Å²) in [5.41, 5.74) is 4.61. The number of halogens is 4. The minimum Gasteiger partial charge on any atom is -0.478 e. The molecule has 0 amide bonds. The molecule has 192 valence electrons. The standard InChI is InChI=1S/C12H24O6.C7H7NO2.BF4/c1-2-14-5-6-16-9-10-18-12-11-17-8-7-15-4-3-13-1;8-6-3-1-2-5(4-6)7(9)10;2-1(3,4)5/h1-12H2;1-4H,8H2,(H,9,10);/q;;-1/p+1. The zero-order valence-corrected chi connectivity index (χ0v) is 18.4. The van der Waals surface area contributed by atoms with E-state index in [1.54, 1.807) is 12.1 Å². The molecule has 0 unspecified atom stereocenters. The number of benzene rings is 1. The molecule has 33 heavy (non-hydrogen) atoms. The Hall–Kier alpha value is -1.81. The fourth-order valence-electron chi connectivity index (χ4n) is 2.02. The number of hydrogen-bond donors (Lipinski definition) is 2. The second-order valence-corrected chi connectivity index (χ2v) is 6.17. The highest BCUT2D eigenvalue weighted by Crippen LogP contribution is 2.06. The van der Waals surface area contributed by atoms with E-state index in [1.807, 2.05) is 0 Å². The smallest absolute Gasteiger partial charge is 0.478 e. The molecule has 9 nitrogen and oxygen atoms in total. The molecular formula is C19H32BF4NO8. The summed E-state index contributed by atoms with van der Waals surface area (Å²) in [7, 11) is -6.00. The average Bonchev–Trinajstić information content (AvgIpc) is 2.73. The topological polar surface area (TPSA) is 120 Å². The number of ether oxygens (including phenoxy) is 6. The van der Waals surface area contributed by atoms with Crippen molar-refractivity contribution < 1.29 is 61.3 Å². The van der Waals surface area contributed by atoms with Gasteiger partial charge in [0.25, 0.3) is 0 Å². The van der Waals surface area contributed by atoms with E-state index in [-0.39, 0.29) is 5.56 Å². The molecule has 0 saturated carbocycles. The lowest BCUT2D eigenvalue weighted by atomic mass is 10.2. The van der Waals surface area contributed by atoms with Gasteiger partial charge in [-0.3, -0.25) is 0 Å². The van der Waals surface area contributed by atoms with Gasteiger partial charge in [0.1, 0.15) is 5.69 Å². The zero-order chi connectivity index (χ0) is 24.8. The van der Waals surface area contributed by atoms with Crippen molar-refractivity contribution in [3.8, 4) is 0 Å². The highest BCUT2D eigenvalue weighted by Gasteiger charge is 2.20. The molecule has 0 radical (unpaired) electrons. The predicted molar refractivity (Wildman–Crippen MR) is 111 cm³/mol. The Morgan fingerprint density at radius 2 is 0.970 bits per heavy atom. The van der Waals surface area contributed by atoms with Crippen LogP contribution in [-0.4, -0.2) is 97.6 Å². The molecule has 2 rings (SSSR count). The van der Waals surface area contributed by atoms with Crippen molar-refractivity contribution in [3.63, 3.8) is 0 Å². The van der Waals surface area contributed by atoms with Crippen LogP contribution in [0.4, 0.5) is 23.0 Å². The van der Waals surface area contributed by atoms with Crippen molar-refractivity contribution in [3.05, 3.63) is 29.8 Å². The number of carboxylic acid groups (broad SMARTS) is 1. The van der Waals surface area contributed by atoms with E-state index in [0.717, 1.165) is 5.69 Å². The molecule has 0 aromatic heterocycles. The van der Waals surface area contributed by atoms with Crippen molar-refractivity contribution in [1.29, 1.82) is 0 Å². The first kappa shape index (κ1) is 31.2. The Labute approximate surface area is 190 Å². The SMILES string of the molecule is C1COCCOCCOCCOCCOCCO1.F[B-](F)(F)F.[NH3+]c1cccc(C(=O)O)c1. The maximum Gasteiger partial charge on any atom is 0.673 e. The van der Waals surface area contributed by atoms with Crippen molar-refractivity contribution in [2.24, 2.45) is 0 Å². The van der Waals surface area contributed by atoms with Crippen LogP contribution in [0.3, 0.4) is 0 Å². The quantitative estimate of drug-likeness (QED) is 0.452. The summed E-state index contributed by atoms with van der Waals surface area (Å²) >= 11 is 0. The van der Waals surface area contributed by atoms with Crippen LogP contribution < -0.4 is 5.73 Å². The third-order valence-corrected chi connectivity index (χ3v) is 3.41. The Kier molecular flexibility index (Phi) is 19.6. The minimum absolute atomic E-state index is 0.285. The first-order valence-electron chi connectivity index (χ1n) is 10.2. The fraction of sp³-hybridized carbons (Fsp3) is 0.632. The van der Waals surface area contributed by atoms with Crippen LogP contribution in [0.15, 0.2) is 24.3 Å². The number of quaternary nitrogens is 1. The Balaban J connectivity index is 0.000000569. The third kappa shape index (κ3) is 26.3. The molecule has 1 fully saturated rings. The van der Waals surface area contributed by atoms with Gasteiger partial charge in [0.15, 0.2) is 0 Å². The van der Waals surface area contributed by atoms with Crippen molar-refractivity contribution in [2.45, 2.75) is 0 Å². The van der Waals surface area contributed by atoms with Crippen molar-refractivity contribution in [2.75, 3.05) is 79.3 Å². The minimum atomic E-state index is -6.00. The largest absolute Gasteiger partial charge is 0.673 e. The van der Waals surface area contributed by atoms with Crippen LogP contribution >= 0.6 is 0 Å². The second kappa shape index (κ2) is 20.8. The highest BCUT2D eigenvalue weighted by atomic mass is 19.5. The molecule has 0 atom stereocenters. The van der Waals surface area contributed by atoms with Crippen LogP contribution in [0.2, 0.25) is 0 Å². The summed E-state index contributed by atoms with van der Waals surface area (Å²) in [4.78, 5) is 10.3. The van der Waals surface area contributed by atoms with E-state index in [9.17, 15) is 22.1 Å². The van der Waals surface area contributed by atoms with Gasteiger partial charge in [0.05, 0.1) is 84.8 Å². The van der Waals surface area contributed by atoms with E-state index in [0.29, 0.717) is 79.3 Å². The maximum absolute atomic E-state index is 10.3. The Morgan fingerprint density at radius 3 is 1.15 bits per heavy atom. The van der Waals surface area contributed by atoms with E-state index >= 15 is 0 Å². The number of carboxylic acids is 1. The molecule has 4 N–H and O–H groups in total. The van der Waals surface area contributed by atoms with Crippen LogP contribution in [0.1, 0.15) is 10.4 Å². The summed E-state index contributed by atoms with van der Waals surface area (Å²) < 4.78 is 71.0. The molecule has 1 saturated heterocycles. The van der Waals surface area contributed by atoms with E-state index in [4.69, 9.17) is 33.5 Å². The molecule has 0 spiro atoms. The highest BCUT2D eigenvalue weighted by molar-refractivity contribution is 6.50. The van der Waals surface area contributed by atoms with Gasteiger partial charge in [-0.1, -0.05) is 6.07 Å². The average molecular weight is 489 g/mol. The number of carbonyl (C=O) groups is 1. The predicted octanol–water partition coefficient (Wildman–Crippen LogP) is 1.66. The summed E-state index contributed by atoms with van der Waals surface area (Å²) in [6.07, 6.45) is 0. The molecule has 1 aliphatic heterocycles. The molecule has 1 aromatic carbocycles. The first-order chi connectivity index (χ1) is 15.7. The Bertz CT molecular complexity index is 532. The lowest BCUT2D eigenvalue weighted by molar-refractivity contribution is -0.254. The number of hydrogen-bond acceptors (Lipinski definition) is 7. The lowest BCUT2D eigenvalue weighted by Crippen LogP contribution is -2.40. The van der Waals surface area contributed by atoms with E-state index in [2.05, 4.69) is 5.73 Å². The van der Waals surface area contributed by atoms with Gasteiger partial charge < -0.3 is 56.5 Å². The lowest BCUT2D eigenvalue weighted by Gasteiger charge is -2.09. The molecular weight excluding hydrogens is 457 g/mol. The van der Waals surface area contributed by atoms with Crippen LogP contribution in [0.5, 0.6) is 0 Å².